The summed E-state index contributed by atoms with van der Waals surface area (Å²) in [5.41, 5.74) is 7.27. The summed E-state index contributed by atoms with van der Waals surface area (Å²) in [6.45, 7) is 2.14. The van der Waals surface area contributed by atoms with E-state index in [1.165, 1.54) is 12.0 Å². The van der Waals surface area contributed by atoms with E-state index in [1.54, 1.807) is 12.1 Å². The molecule has 37 heavy (non-hydrogen) atoms. The lowest BCUT2D eigenvalue weighted by molar-refractivity contribution is 0.0897. The Morgan fingerprint density at radius 3 is 2.51 bits per heavy atom. The first-order valence-corrected chi connectivity index (χ1v) is 12.9. The minimum atomic E-state index is -0.763. The number of furan rings is 1. The van der Waals surface area contributed by atoms with Gasteiger partial charge >= 0.3 is 6.03 Å². The molecule has 0 saturated heterocycles. The lowest BCUT2D eigenvalue weighted by Crippen LogP contribution is -2.35. The van der Waals surface area contributed by atoms with E-state index in [0.29, 0.717) is 17.3 Å². The average molecular weight is 507 g/mol. The van der Waals surface area contributed by atoms with Crippen LogP contribution in [0.4, 0.5) is 16.3 Å². The van der Waals surface area contributed by atoms with Crippen LogP contribution in [0.1, 0.15) is 90.1 Å². The van der Waals surface area contributed by atoms with Gasteiger partial charge in [-0.05, 0) is 55.5 Å². The van der Waals surface area contributed by atoms with Crippen LogP contribution in [0.2, 0.25) is 0 Å². The molecule has 6 N–H and O–H groups in total. The predicted molar refractivity (Wildman–Crippen MR) is 141 cm³/mol. The van der Waals surface area contributed by atoms with Crippen molar-refractivity contribution < 1.29 is 18.8 Å². The molecule has 4 rings (SSSR count). The first-order valence-electron chi connectivity index (χ1n) is 12.9. The number of hydrogen-bond donors (Lipinski definition) is 5. The van der Waals surface area contributed by atoms with Gasteiger partial charge in [-0.1, -0.05) is 44.7 Å². The molecular formula is C27H34N6O4. The molecule has 0 spiro atoms. The zero-order valence-electron chi connectivity index (χ0n) is 21.1. The Kier molecular flexibility index (Phi) is 8.60. The van der Waals surface area contributed by atoms with E-state index >= 15 is 0 Å². The summed E-state index contributed by atoms with van der Waals surface area (Å²) in [6, 6.07) is 10.5. The highest BCUT2D eigenvalue weighted by Gasteiger charge is 2.21. The monoisotopic (exact) mass is 506 g/mol. The smallest absolute Gasteiger partial charge is 0.324 e. The van der Waals surface area contributed by atoms with Gasteiger partial charge in [-0.3, -0.25) is 14.9 Å². The number of anilines is 2. The molecule has 4 amide bonds. The van der Waals surface area contributed by atoms with Crippen molar-refractivity contribution in [3.63, 3.8) is 0 Å². The molecule has 0 radical (unpaired) electrons. The van der Waals surface area contributed by atoms with E-state index < -0.39 is 11.9 Å². The molecule has 2 heterocycles. The fraction of sp³-hybridized carbons (Fsp3) is 0.407. The number of nitrogens with zero attached hydrogens (tertiary/aromatic N) is 1. The van der Waals surface area contributed by atoms with Crippen LogP contribution in [0.3, 0.4) is 0 Å². The molecule has 3 aromatic rings. The lowest BCUT2D eigenvalue weighted by atomic mass is 9.95. The summed E-state index contributed by atoms with van der Waals surface area (Å²) < 4.78 is 5.71. The van der Waals surface area contributed by atoms with Gasteiger partial charge in [0, 0.05) is 11.7 Å². The number of aryl methyl sites for hydroxylation is 1. The summed E-state index contributed by atoms with van der Waals surface area (Å²) in [6.07, 6.45) is 8.81. The summed E-state index contributed by atoms with van der Waals surface area (Å²) in [5, 5.41) is 8.33. The molecule has 1 saturated carbocycles. The maximum atomic E-state index is 12.5. The molecule has 0 atom stereocenters. The highest BCUT2D eigenvalue weighted by Crippen LogP contribution is 2.20. The highest BCUT2D eigenvalue weighted by atomic mass is 16.3. The third kappa shape index (κ3) is 7.22. The number of imidazole rings is 1. The molecule has 1 aliphatic rings. The number of nitrogens with two attached hydrogens (primary N) is 1. The second-order valence-electron chi connectivity index (χ2n) is 9.40. The zero-order chi connectivity index (χ0) is 26.2. The molecule has 1 fully saturated rings. The van der Waals surface area contributed by atoms with Crippen molar-refractivity contribution in [2.45, 2.75) is 70.8 Å². The van der Waals surface area contributed by atoms with Gasteiger partial charge in [0.2, 0.25) is 0 Å². The van der Waals surface area contributed by atoms with Crippen LogP contribution >= 0.6 is 0 Å². The number of aromatic nitrogens is 2. The van der Waals surface area contributed by atoms with Crippen LogP contribution in [-0.2, 0) is 12.8 Å². The summed E-state index contributed by atoms with van der Waals surface area (Å²) in [4.78, 5) is 44.1. The molecule has 0 aliphatic heterocycles. The van der Waals surface area contributed by atoms with E-state index in [4.69, 9.17) is 10.2 Å². The lowest BCUT2D eigenvalue weighted by Gasteiger charge is -2.22. The van der Waals surface area contributed by atoms with E-state index in [2.05, 4.69) is 32.8 Å². The van der Waals surface area contributed by atoms with Crippen molar-refractivity contribution in [2.75, 3.05) is 10.6 Å². The largest absolute Gasteiger partial charge is 0.455 e. The second kappa shape index (κ2) is 12.2. The van der Waals surface area contributed by atoms with Gasteiger partial charge in [-0.2, -0.15) is 0 Å². The Labute approximate surface area is 215 Å². The molecule has 10 heteroatoms. The van der Waals surface area contributed by atoms with Gasteiger partial charge in [-0.25, -0.2) is 9.78 Å². The number of carbonyl (C=O) groups excluding carboxylic acids is 3. The second-order valence-corrected chi connectivity index (χ2v) is 9.40. The van der Waals surface area contributed by atoms with Crippen molar-refractivity contribution in [3.8, 4) is 0 Å². The number of amides is 4. The SMILES string of the molecule is CCCCc1ccc(NC(=O)Nc2nc(Cc3ccc(C(=O)NC4CCCCC4)o3)[nH]c2C(N)=O)cc1. The Balaban J connectivity index is 1.36. The number of benzene rings is 1. The van der Waals surface area contributed by atoms with E-state index in [9.17, 15) is 14.4 Å². The first-order chi connectivity index (χ1) is 17.9. The van der Waals surface area contributed by atoms with E-state index in [-0.39, 0.29) is 35.6 Å². The summed E-state index contributed by atoms with van der Waals surface area (Å²) >= 11 is 0. The molecule has 1 aromatic carbocycles. The Hall–Kier alpha value is -4.08. The van der Waals surface area contributed by atoms with Gasteiger partial charge in [-0.15, -0.1) is 0 Å². The van der Waals surface area contributed by atoms with Crippen LogP contribution in [0.5, 0.6) is 0 Å². The molecule has 0 unspecified atom stereocenters. The van der Waals surface area contributed by atoms with Crippen LogP contribution in [0, 0.1) is 0 Å². The fourth-order valence-corrected chi connectivity index (χ4v) is 4.44. The Bertz CT molecular complexity index is 1220. The van der Waals surface area contributed by atoms with Crippen LogP contribution in [0.15, 0.2) is 40.8 Å². The quantitative estimate of drug-likeness (QED) is 0.268. The van der Waals surface area contributed by atoms with Gasteiger partial charge in [0.15, 0.2) is 11.6 Å². The van der Waals surface area contributed by atoms with Gasteiger partial charge < -0.3 is 25.8 Å². The number of nitrogens with one attached hydrogen (secondary N) is 4. The molecule has 10 nitrogen and oxygen atoms in total. The van der Waals surface area contributed by atoms with E-state index in [0.717, 1.165) is 44.9 Å². The summed E-state index contributed by atoms with van der Waals surface area (Å²) in [7, 11) is 0. The third-order valence-corrected chi connectivity index (χ3v) is 6.43. The Morgan fingerprint density at radius 2 is 1.81 bits per heavy atom. The molecule has 1 aliphatic carbocycles. The van der Waals surface area contributed by atoms with Crippen molar-refractivity contribution in [1.82, 2.24) is 15.3 Å². The molecular weight excluding hydrogens is 472 g/mol. The topological polar surface area (TPSA) is 155 Å². The normalized spacial score (nSPS) is 13.8. The maximum absolute atomic E-state index is 12.5. The van der Waals surface area contributed by atoms with Crippen LogP contribution in [0.25, 0.3) is 0 Å². The zero-order valence-corrected chi connectivity index (χ0v) is 21.1. The fourth-order valence-electron chi connectivity index (χ4n) is 4.44. The molecule has 196 valence electrons. The predicted octanol–water partition coefficient (Wildman–Crippen LogP) is 4.74. The average Bonchev–Trinajstić information content (AvgIpc) is 3.51. The van der Waals surface area contributed by atoms with Crippen molar-refractivity contribution in [2.24, 2.45) is 5.73 Å². The number of rotatable bonds is 10. The number of unbranched alkanes of at least 4 members (excludes halogenated alkanes) is 1. The van der Waals surface area contributed by atoms with Crippen molar-refractivity contribution in [1.29, 1.82) is 0 Å². The minimum absolute atomic E-state index is 0.0152. The minimum Gasteiger partial charge on any atom is -0.455 e. The molecule has 0 bridgehead atoms. The van der Waals surface area contributed by atoms with Gasteiger partial charge in [0.05, 0.1) is 6.42 Å². The number of aromatic amines is 1. The van der Waals surface area contributed by atoms with Crippen molar-refractivity contribution in [3.05, 3.63) is 65.0 Å². The van der Waals surface area contributed by atoms with Crippen molar-refractivity contribution >= 4 is 29.4 Å². The van der Waals surface area contributed by atoms with Crippen LogP contribution in [-0.4, -0.2) is 33.9 Å². The number of primary amides is 1. The number of H-pyrrole nitrogens is 1. The first kappa shape index (κ1) is 26.0. The Morgan fingerprint density at radius 1 is 1.05 bits per heavy atom. The number of urea groups is 1. The highest BCUT2D eigenvalue weighted by molar-refractivity contribution is 6.04. The number of hydrogen-bond acceptors (Lipinski definition) is 5. The van der Waals surface area contributed by atoms with Gasteiger partial charge in [0.25, 0.3) is 11.8 Å². The summed E-state index contributed by atoms with van der Waals surface area (Å²) in [5.74, 6) is 0.0759. The number of carbonyl (C=O) groups is 3. The van der Waals surface area contributed by atoms with Gasteiger partial charge in [0.1, 0.15) is 17.3 Å². The maximum Gasteiger partial charge on any atom is 0.324 e. The third-order valence-electron chi connectivity index (χ3n) is 6.43. The van der Waals surface area contributed by atoms with Crippen LogP contribution < -0.4 is 21.7 Å². The standard InChI is InChI=1S/C27H34N6O4/c1-2-3-7-17-10-12-19(13-11-17)30-27(36)33-25-23(24(28)34)31-22(32-25)16-20-14-15-21(37-20)26(35)29-18-8-5-4-6-9-18/h10-15,18H,2-9,16H2,1H3,(H2,28,34)(H,29,35)(H,31,32)(H2,30,33,36). The molecule has 2 aromatic heterocycles. The van der Waals surface area contributed by atoms with E-state index in [1.807, 2.05) is 24.3 Å².